The lowest BCUT2D eigenvalue weighted by molar-refractivity contribution is 0.328. The predicted octanol–water partition coefficient (Wildman–Crippen LogP) is 4.62. The molecule has 1 heterocycles. The number of unbranched alkanes of at least 4 members (excludes halogenated alkanes) is 1. The van der Waals surface area contributed by atoms with E-state index in [4.69, 9.17) is 0 Å². The van der Waals surface area contributed by atoms with Gasteiger partial charge in [0.2, 0.25) is 0 Å². The second-order valence-electron chi connectivity index (χ2n) is 4.40. The second-order valence-corrected chi connectivity index (χ2v) is 5.18. The minimum atomic E-state index is 0.563. The van der Waals surface area contributed by atoms with Gasteiger partial charge in [-0.2, -0.15) is 11.3 Å². The van der Waals surface area contributed by atoms with Gasteiger partial charge >= 0.3 is 0 Å². The Balaban J connectivity index is 2.66. The molecule has 1 rings (SSSR count). The zero-order valence-electron chi connectivity index (χ0n) is 10.8. The molecule has 2 unspecified atom stereocenters. The van der Waals surface area contributed by atoms with Crippen LogP contribution in [-0.2, 0) is 0 Å². The lowest BCUT2D eigenvalue weighted by Gasteiger charge is -2.26. The van der Waals surface area contributed by atoms with E-state index in [0.717, 1.165) is 12.5 Å². The average Bonchev–Trinajstić information content (AvgIpc) is 2.82. The standard InChI is InChI=1S/C14H25NS/c1-4-7-8-12(5-2)14(15-6-3)13-9-10-16-11-13/h9-12,14-15H,4-8H2,1-3H3. The van der Waals surface area contributed by atoms with Gasteiger partial charge < -0.3 is 5.32 Å². The van der Waals surface area contributed by atoms with Crippen molar-refractivity contribution in [2.24, 2.45) is 5.92 Å². The molecule has 1 aromatic rings. The van der Waals surface area contributed by atoms with E-state index in [0.29, 0.717) is 6.04 Å². The molecule has 1 aromatic heterocycles. The van der Waals surface area contributed by atoms with Crippen LogP contribution in [0.2, 0.25) is 0 Å². The van der Waals surface area contributed by atoms with Gasteiger partial charge in [0.1, 0.15) is 0 Å². The summed E-state index contributed by atoms with van der Waals surface area (Å²) in [6.45, 7) is 7.85. The highest BCUT2D eigenvalue weighted by Gasteiger charge is 2.20. The van der Waals surface area contributed by atoms with E-state index in [1.807, 2.05) is 0 Å². The van der Waals surface area contributed by atoms with E-state index >= 15 is 0 Å². The fourth-order valence-electron chi connectivity index (χ4n) is 2.30. The first-order valence-electron chi connectivity index (χ1n) is 6.58. The highest BCUT2D eigenvalue weighted by molar-refractivity contribution is 7.07. The highest BCUT2D eigenvalue weighted by atomic mass is 32.1. The molecule has 1 N–H and O–H groups in total. The van der Waals surface area contributed by atoms with Crippen molar-refractivity contribution in [2.45, 2.75) is 52.5 Å². The van der Waals surface area contributed by atoms with Crippen molar-refractivity contribution in [3.8, 4) is 0 Å². The van der Waals surface area contributed by atoms with Crippen molar-refractivity contribution < 1.29 is 0 Å². The summed E-state index contributed by atoms with van der Waals surface area (Å²) >= 11 is 1.81. The summed E-state index contributed by atoms with van der Waals surface area (Å²) in [6, 6.07) is 2.83. The summed E-state index contributed by atoms with van der Waals surface area (Å²) in [4.78, 5) is 0. The van der Waals surface area contributed by atoms with Gasteiger partial charge in [0.05, 0.1) is 0 Å². The molecule has 0 saturated carbocycles. The van der Waals surface area contributed by atoms with E-state index in [-0.39, 0.29) is 0 Å². The lowest BCUT2D eigenvalue weighted by atomic mass is 9.88. The SMILES string of the molecule is CCCCC(CC)C(NCC)c1ccsc1. The Bertz CT molecular complexity index is 256. The molecular weight excluding hydrogens is 214 g/mol. The Morgan fingerprint density at radius 1 is 1.31 bits per heavy atom. The Labute approximate surface area is 104 Å². The molecule has 0 amide bonds. The van der Waals surface area contributed by atoms with Gasteiger partial charge in [0.15, 0.2) is 0 Å². The molecule has 2 heteroatoms. The van der Waals surface area contributed by atoms with Crippen LogP contribution < -0.4 is 5.32 Å². The van der Waals surface area contributed by atoms with Crippen LogP contribution in [0.5, 0.6) is 0 Å². The molecule has 0 aliphatic rings. The first-order valence-corrected chi connectivity index (χ1v) is 7.53. The van der Waals surface area contributed by atoms with E-state index in [1.165, 1.54) is 31.2 Å². The number of thiophene rings is 1. The van der Waals surface area contributed by atoms with Gasteiger partial charge in [0.25, 0.3) is 0 Å². The van der Waals surface area contributed by atoms with Crippen LogP contribution in [-0.4, -0.2) is 6.54 Å². The molecule has 0 saturated heterocycles. The Morgan fingerprint density at radius 3 is 2.62 bits per heavy atom. The van der Waals surface area contributed by atoms with Crippen molar-refractivity contribution in [3.05, 3.63) is 22.4 Å². The number of rotatable bonds is 8. The van der Waals surface area contributed by atoms with E-state index in [1.54, 1.807) is 11.3 Å². The third kappa shape index (κ3) is 3.91. The van der Waals surface area contributed by atoms with Crippen LogP contribution >= 0.6 is 11.3 Å². The second kappa shape index (κ2) is 7.86. The number of hydrogen-bond donors (Lipinski definition) is 1. The fraction of sp³-hybridized carbons (Fsp3) is 0.714. The minimum absolute atomic E-state index is 0.563. The zero-order chi connectivity index (χ0) is 11.8. The van der Waals surface area contributed by atoms with Crippen LogP contribution in [0, 0.1) is 5.92 Å². The molecule has 2 atom stereocenters. The largest absolute Gasteiger partial charge is 0.310 e. The fourth-order valence-corrected chi connectivity index (χ4v) is 3.00. The maximum atomic E-state index is 3.65. The van der Waals surface area contributed by atoms with Crippen LogP contribution in [0.15, 0.2) is 16.8 Å². The summed E-state index contributed by atoms with van der Waals surface area (Å²) in [5.41, 5.74) is 1.48. The first-order chi connectivity index (χ1) is 7.83. The Hall–Kier alpha value is -0.340. The molecule has 0 fully saturated rings. The maximum Gasteiger partial charge on any atom is 0.0356 e. The van der Waals surface area contributed by atoms with Gasteiger partial charge in [-0.1, -0.05) is 40.0 Å². The van der Waals surface area contributed by atoms with E-state index in [9.17, 15) is 0 Å². The van der Waals surface area contributed by atoms with E-state index < -0.39 is 0 Å². The molecule has 92 valence electrons. The topological polar surface area (TPSA) is 12.0 Å². The monoisotopic (exact) mass is 239 g/mol. The van der Waals surface area contributed by atoms with Crippen LogP contribution in [0.1, 0.15) is 58.1 Å². The molecule has 0 aromatic carbocycles. The van der Waals surface area contributed by atoms with Gasteiger partial charge in [-0.15, -0.1) is 0 Å². The van der Waals surface area contributed by atoms with Crippen molar-refractivity contribution >= 4 is 11.3 Å². The van der Waals surface area contributed by atoms with E-state index in [2.05, 4.69) is 42.9 Å². The summed E-state index contributed by atoms with van der Waals surface area (Å²) < 4.78 is 0. The van der Waals surface area contributed by atoms with Gasteiger partial charge in [0, 0.05) is 6.04 Å². The quantitative estimate of drug-likeness (QED) is 0.698. The highest BCUT2D eigenvalue weighted by Crippen LogP contribution is 2.30. The average molecular weight is 239 g/mol. The molecule has 16 heavy (non-hydrogen) atoms. The minimum Gasteiger partial charge on any atom is -0.310 e. The lowest BCUT2D eigenvalue weighted by Crippen LogP contribution is -2.27. The zero-order valence-corrected chi connectivity index (χ0v) is 11.6. The number of nitrogens with one attached hydrogen (secondary N) is 1. The third-order valence-corrected chi connectivity index (χ3v) is 3.95. The molecular formula is C14H25NS. The van der Waals surface area contributed by atoms with Crippen molar-refractivity contribution in [3.63, 3.8) is 0 Å². The molecule has 0 aliphatic heterocycles. The summed E-state index contributed by atoms with van der Waals surface area (Å²) in [5.74, 6) is 0.787. The number of hydrogen-bond acceptors (Lipinski definition) is 2. The van der Waals surface area contributed by atoms with Crippen LogP contribution in [0.25, 0.3) is 0 Å². The van der Waals surface area contributed by atoms with Gasteiger partial charge in [-0.25, -0.2) is 0 Å². The maximum absolute atomic E-state index is 3.65. The summed E-state index contributed by atoms with van der Waals surface area (Å²) in [5, 5.41) is 8.13. The van der Waals surface area contributed by atoms with Gasteiger partial charge in [-0.3, -0.25) is 0 Å². The molecule has 1 nitrogen and oxygen atoms in total. The molecule has 0 radical (unpaired) electrons. The molecule has 0 bridgehead atoms. The van der Waals surface area contributed by atoms with Crippen LogP contribution in [0.4, 0.5) is 0 Å². The van der Waals surface area contributed by atoms with Crippen molar-refractivity contribution in [2.75, 3.05) is 6.54 Å². The van der Waals surface area contributed by atoms with Crippen molar-refractivity contribution in [1.29, 1.82) is 0 Å². The van der Waals surface area contributed by atoms with Gasteiger partial charge in [-0.05, 0) is 41.3 Å². The Morgan fingerprint density at radius 2 is 2.12 bits per heavy atom. The molecule has 0 aliphatic carbocycles. The smallest absolute Gasteiger partial charge is 0.0356 e. The molecule has 0 spiro atoms. The third-order valence-electron chi connectivity index (χ3n) is 3.25. The Kier molecular flexibility index (Phi) is 6.74. The predicted molar refractivity (Wildman–Crippen MR) is 74.0 cm³/mol. The van der Waals surface area contributed by atoms with Crippen molar-refractivity contribution in [1.82, 2.24) is 5.32 Å². The summed E-state index contributed by atoms with van der Waals surface area (Å²) in [7, 11) is 0. The summed E-state index contributed by atoms with van der Waals surface area (Å²) in [6.07, 6.45) is 5.28. The van der Waals surface area contributed by atoms with Crippen LogP contribution in [0.3, 0.4) is 0 Å². The first kappa shape index (κ1) is 13.7. The normalized spacial score (nSPS) is 14.9.